The summed E-state index contributed by atoms with van der Waals surface area (Å²) in [5.74, 6) is -1.84. The molecule has 0 aliphatic carbocycles. The van der Waals surface area contributed by atoms with E-state index in [1.807, 2.05) is 0 Å². The van der Waals surface area contributed by atoms with Crippen molar-refractivity contribution >= 4 is 11.8 Å². The lowest BCUT2D eigenvalue weighted by Gasteiger charge is -2.18. The molecule has 0 atom stereocenters. The topological polar surface area (TPSA) is 81.9 Å². The molecule has 6 heteroatoms. The molecule has 0 aromatic rings. The van der Waals surface area contributed by atoms with Gasteiger partial charge in [0.2, 0.25) is 0 Å². The molecule has 0 spiro atoms. The Morgan fingerprint density at radius 2 is 1.67 bits per heavy atom. The van der Waals surface area contributed by atoms with E-state index in [1.54, 1.807) is 0 Å². The van der Waals surface area contributed by atoms with Crippen LogP contribution in [0, 0.1) is 0 Å². The number of hydrogen-bond donors (Lipinski definition) is 1. The van der Waals surface area contributed by atoms with Gasteiger partial charge < -0.3 is 15.2 Å². The Labute approximate surface area is 70.2 Å². The lowest BCUT2D eigenvalue weighted by Crippen LogP contribution is -2.42. The predicted octanol–water partition coefficient (Wildman–Crippen LogP) is -1.49. The summed E-state index contributed by atoms with van der Waals surface area (Å²) in [5, 5.41) is 0. The minimum absolute atomic E-state index is 0.0182. The van der Waals surface area contributed by atoms with E-state index in [0.29, 0.717) is 0 Å². The first kappa shape index (κ1) is 10.9. The van der Waals surface area contributed by atoms with Gasteiger partial charge in [0.1, 0.15) is 13.5 Å². The highest BCUT2D eigenvalue weighted by atomic mass is 16.5. The van der Waals surface area contributed by atoms with E-state index in [0.717, 1.165) is 4.90 Å². The van der Waals surface area contributed by atoms with Crippen molar-refractivity contribution in [3.63, 3.8) is 0 Å². The van der Waals surface area contributed by atoms with Crippen LogP contribution < -0.4 is 5.73 Å². The number of hydrogen-bond acceptors (Lipinski definition) is 4. The molecule has 0 rings (SSSR count). The van der Waals surface area contributed by atoms with Crippen LogP contribution in [0.2, 0.25) is 0 Å². The van der Waals surface area contributed by atoms with Gasteiger partial charge in [-0.25, -0.2) is 0 Å². The van der Waals surface area contributed by atoms with E-state index in [2.05, 4.69) is 9.47 Å². The predicted molar refractivity (Wildman–Crippen MR) is 39.8 cm³/mol. The summed E-state index contributed by atoms with van der Waals surface area (Å²) >= 11 is 0. The van der Waals surface area contributed by atoms with Gasteiger partial charge in [0.25, 0.3) is 0 Å². The van der Waals surface area contributed by atoms with Crippen LogP contribution in [0.3, 0.4) is 0 Å². The fourth-order valence-electron chi connectivity index (χ4n) is 0.622. The zero-order valence-corrected chi connectivity index (χ0v) is 7.07. The largest absolute Gasteiger partial charge is 0.364 e. The number of amides is 2. The lowest BCUT2D eigenvalue weighted by atomic mass is 10.5. The highest BCUT2D eigenvalue weighted by Crippen LogP contribution is 1.89. The maximum Gasteiger partial charge on any atom is 0.315 e. The van der Waals surface area contributed by atoms with Crippen molar-refractivity contribution in [1.29, 1.82) is 0 Å². The van der Waals surface area contributed by atoms with Crippen molar-refractivity contribution in [2.24, 2.45) is 5.73 Å². The summed E-state index contributed by atoms with van der Waals surface area (Å²) in [6.45, 7) is -0.0365. The van der Waals surface area contributed by atoms with Gasteiger partial charge in [-0.05, 0) is 0 Å². The normalized spacial score (nSPS) is 9.50. The molecule has 0 unspecified atom stereocenters. The Balaban J connectivity index is 4.08. The Hall–Kier alpha value is -1.14. The molecule has 70 valence electrons. The first-order valence-corrected chi connectivity index (χ1v) is 3.20. The average Bonchev–Trinajstić information content (AvgIpc) is 2.03. The Kier molecular flexibility index (Phi) is 4.98. The highest BCUT2D eigenvalue weighted by Gasteiger charge is 2.17. The van der Waals surface area contributed by atoms with E-state index < -0.39 is 11.8 Å². The minimum atomic E-state index is -1.02. The molecule has 0 aromatic heterocycles. The van der Waals surface area contributed by atoms with Crippen molar-refractivity contribution in [2.75, 3.05) is 27.7 Å². The summed E-state index contributed by atoms with van der Waals surface area (Å²) in [4.78, 5) is 22.4. The van der Waals surface area contributed by atoms with Gasteiger partial charge in [-0.2, -0.15) is 0 Å². The van der Waals surface area contributed by atoms with E-state index >= 15 is 0 Å². The maximum absolute atomic E-state index is 10.9. The Morgan fingerprint density at radius 3 is 1.92 bits per heavy atom. The van der Waals surface area contributed by atoms with Crippen LogP contribution in [0.15, 0.2) is 0 Å². The molecule has 0 radical (unpaired) electrons. The summed E-state index contributed by atoms with van der Waals surface area (Å²) in [5.41, 5.74) is 4.76. The van der Waals surface area contributed by atoms with Crippen LogP contribution in [-0.4, -0.2) is 44.4 Å². The third-order valence-electron chi connectivity index (χ3n) is 1.07. The highest BCUT2D eigenvalue weighted by molar-refractivity contribution is 6.34. The monoisotopic (exact) mass is 176 g/mol. The molecule has 0 aliphatic rings. The van der Waals surface area contributed by atoms with Crippen LogP contribution in [0.1, 0.15) is 0 Å². The second-order valence-electron chi connectivity index (χ2n) is 2.04. The molecule has 2 amide bonds. The van der Waals surface area contributed by atoms with Gasteiger partial charge >= 0.3 is 11.8 Å². The number of rotatable bonds is 4. The molecule has 0 saturated heterocycles. The average molecular weight is 176 g/mol. The van der Waals surface area contributed by atoms with Crippen molar-refractivity contribution in [3.05, 3.63) is 0 Å². The van der Waals surface area contributed by atoms with Gasteiger partial charge in [-0.3, -0.25) is 14.5 Å². The number of carbonyl (C=O) groups excluding carboxylic acids is 2. The second kappa shape index (κ2) is 5.50. The van der Waals surface area contributed by atoms with Crippen LogP contribution in [0.4, 0.5) is 0 Å². The van der Waals surface area contributed by atoms with Crippen LogP contribution >= 0.6 is 0 Å². The molecule has 12 heavy (non-hydrogen) atoms. The first-order chi connectivity index (χ1) is 5.63. The first-order valence-electron chi connectivity index (χ1n) is 3.20. The summed E-state index contributed by atoms with van der Waals surface area (Å²) in [6, 6.07) is 0. The quantitative estimate of drug-likeness (QED) is 0.418. The summed E-state index contributed by atoms with van der Waals surface area (Å²) < 4.78 is 9.29. The van der Waals surface area contributed by atoms with Crippen LogP contribution in [0.25, 0.3) is 0 Å². The SMILES string of the molecule is COCN(COC)C(=O)C(N)=O. The van der Waals surface area contributed by atoms with E-state index in [4.69, 9.17) is 5.73 Å². The Bertz CT molecular complexity index is 165. The number of ether oxygens (including phenoxy) is 2. The molecule has 0 heterocycles. The van der Waals surface area contributed by atoms with Gasteiger partial charge in [0.15, 0.2) is 0 Å². The zero-order chi connectivity index (χ0) is 9.56. The summed E-state index contributed by atoms with van der Waals surface area (Å²) in [7, 11) is 2.80. The Morgan fingerprint density at radius 1 is 1.25 bits per heavy atom. The zero-order valence-electron chi connectivity index (χ0n) is 7.07. The number of carbonyl (C=O) groups is 2. The molecule has 2 N–H and O–H groups in total. The fourth-order valence-corrected chi connectivity index (χ4v) is 0.622. The molecule has 0 fully saturated rings. The number of methoxy groups -OCH3 is 2. The third-order valence-corrected chi connectivity index (χ3v) is 1.07. The van der Waals surface area contributed by atoms with Gasteiger partial charge in [-0.15, -0.1) is 0 Å². The summed E-state index contributed by atoms with van der Waals surface area (Å²) in [6.07, 6.45) is 0. The van der Waals surface area contributed by atoms with E-state index in [-0.39, 0.29) is 13.5 Å². The number of nitrogens with two attached hydrogens (primary N) is 1. The van der Waals surface area contributed by atoms with Crippen LogP contribution in [-0.2, 0) is 19.1 Å². The van der Waals surface area contributed by atoms with Gasteiger partial charge in [0, 0.05) is 14.2 Å². The van der Waals surface area contributed by atoms with Gasteiger partial charge in [-0.1, -0.05) is 0 Å². The smallest absolute Gasteiger partial charge is 0.315 e. The van der Waals surface area contributed by atoms with E-state index in [9.17, 15) is 9.59 Å². The maximum atomic E-state index is 10.9. The molecule has 6 nitrogen and oxygen atoms in total. The minimum Gasteiger partial charge on any atom is -0.364 e. The van der Waals surface area contributed by atoms with Crippen LogP contribution in [0.5, 0.6) is 0 Å². The molecule has 0 aromatic carbocycles. The molecule has 0 saturated carbocycles. The molecule has 0 bridgehead atoms. The van der Waals surface area contributed by atoms with Crippen molar-refractivity contribution in [1.82, 2.24) is 4.90 Å². The lowest BCUT2D eigenvalue weighted by molar-refractivity contribution is -0.151. The molecular formula is C6H12N2O4. The number of primary amides is 1. The van der Waals surface area contributed by atoms with Crippen molar-refractivity contribution < 1.29 is 19.1 Å². The number of nitrogens with zero attached hydrogens (tertiary/aromatic N) is 1. The van der Waals surface area contributed by atoms with Crippen molar-refractivity contribution in [3.8, 4) is 0 Å². The van der Waals surface area contributed by atoms with E-state index in [1.165, 1.54) is 14.2 Å². The van der Waals surface area contributed by atoms with Gasteiger partial charge in [0.05, 0.1) is 0 Å². The standard InChI is InChI=1S/C6H12N2O4/c1-11-3-8(4-12-2)6(10)5(7)9/h3-4H2,1-2H3,(H2,7,9). The fraction of sp³-hybridized carbons (Fsp3) is 0.667. The third kappa shape index (κ3) is 3.31. The molecule has 0 aliphatic heterocycles. The second-order valence-corrected chi connectivity index (χ2v) is 2.04. The van der Waals surface area contributed by atoms with Crippen molar-refractivity contribution in [2.45, 2.75) is 0 Å². The molecular weight excluding hydrogens is 164 g/mol.